The molecule has 1 atom stereocenters. The molecule has 0 aromatic rings. The lowest BCUT2D eigenvalue weighted by atomic mass is 10.1. The van der Waals surface area contributed by atoms with Crippen LogP contribution in [-0.4, -0.2) is 69.2 Å². The normalized spacial score (nSPS) is 23.1. The molecule has 0 aromatic carbocycles. The smallest absolute Gasteiger partial charge is 0.269 e. The second-order valence-corrected chi connectivity index (χ2v) is 7.71. The maximum Gasteiger partial charge on any atom is 0.358 e. The van der Waals surface area contributed by atoms with Crippen molar-refractivity contribution in [3.8, 4) is 0 Å². The predicted octanol–water partition coefficient (Wildman–Crippen LogP) is 2.53. The van der Waals surface area contributed by atoms with Gasteiger partial charge in [0, 0.05) is 19.3 Å². The highest BCUT2D eigenvalue weighted by atomic mass is 32.2. The fourth-order valence-electron chi connectivity index (χ4n) is 3.50. The molecule has 24 heavy (non-hydrogen) atoms. The van der Waals surface area contributed by atoms with E-state index in [0.717, 1.165) is 30.3 Å². The number of amides is 3. The Kier molecular flexibility index (Phi) is 5.58. The quantitative estimate of drug-likeness (QED) is 0.499. The molecule has 1 unspecified atom stereocenters. The van der Waals surface area contributed by atoms with E-state index >= 15 is 0 Å². The summed E-state index contributed by atoms with van der Waals surface area (Å²) in [6, 6.07) is -0.616. The molecule has 6 nitrogen and oxygen atoms in total. The molecule has 132 valence electrons. The first-order valence-electron chi connectivity index (χ1n) is 9.09. The lowest BCUT2D eigenvalue weighted by Gasteiger charge is -2.33. The summed E-state index contributed by atoms with van der Waals surface area (Å²) in [5.41, 5.74) is 0. The number of hydrogen-bond acceptors (Lipinski definition) is 4. The Labute approximate surface area is 148 Å². The number of hydrogen-bond donors (Lipinski definition) is 0. The number of unbranched alkanes of at least 4 members (excludes halogenated alkanes) is 6. The first-order valence-corrected chi connectivity index (χ1v) is 10.1. The minimum absolute atomic E-state index is 0.0969. The van der Waals surface area contributed by atoms with Gasteiger partial charge in [-0.2, -0.15) is 0 Å². The Morgan fingerprint density at radius 1 is 1.17 bits per heavy atom. The van der Waals surface area contributed by atoms with E-state index < -0.39 is 0 Å². The molecule has 0 spiro atoms. The molecule has 1 fully saturated rings. The van der Waals surface area contributed by atoms with Gasteiger partial charge in [-0.3, -0.25) is 14.6 Å². The van der Waals surface area contributed by atoms with Gasteiger partial charge in [0.15, 0.2) is 0 Å². The third-order valence-electron chi connectivity index (χ3n) is 4.92. The number of amidine groups is 2. The van der Waals surface area contributed by atoms with Gasteiger partial charge < -0.3 is 0 Å². The molecular formula is C17H27N4O2S+. The Morgan fingerprint density at radius 2 is 1.88 bits per heavy atom. The summed E-state index contributed by atoms with van der Waals surface area (Å²) in [7, 11) is 1.73. The number of imide groups is 1. The summed E-state index contributed by atoms with van der Waals surface area (Å²) in [5, 5.41) is 0.890. The third-order valence-corrected chi connectivity index (χ3v) is 5.89. The fourth-order valence-corrected chi connectivity index (χ4v) is 4.50. The van der Waals surface area contributed by atoms with Crippen LogP contribution in [0.5, 0.6) is 0 Å². The zero-order chi connectivity index (χ0) is 17.1. The number of urea groups is 1. The van der Waals surface area contributed by atoms with Crippen LogP contribution in [0.4, 0.5) is 4.79 Å². The number of nitrogens with zero attached hydrogens (tertiary/aromatic N) is 4. The highest BCUT2D eigenvalue weighted by molar-refractivity contribution is 8.13. The molecule has 3 amide bonds. The SMILES string of the molecule is CCCCCCCCCN1C(=O)C2C(=NC3=[N+]2CCS3)N(C)C1=O. The molecule has 1 saturated heterocycles. The van der Waals surface area contributed by atoms with E-state index in [4.69, 9.17) is 0 Å². The molecule has 0 N–H and O–H groups in total. The van der Waals surface area contributed by atoms with E-state index in [1.54, 1.807) is 23.7 Å². The van der Waals surface area contributed by atoms with Gasteiger partial charge in [-0.05, 0) is 23.2 Å². The van der Waals surface area contributed by atoms with Crippen molar-refractivity contribution in [1.82, 2.24) is 9.80 Å². The first-order chi connectivity index (χ1) is 11.6. The van der Waals surface area contributed by atoms with Crippen molar-refractivity contribution in [1.29, 1.82) is 0 Å². The van der Waals surface area contributed by atoms with Crippen LogP contribution in [0.2, 0.25) is 0 Å². The Bertz CT molecular complexity index is 587. The van der Waals surface area contributed by atoms with Gasteiger partial charge >= 0.3 is 11.2 Å². The zero-order valence-electron chi connectivity index (χ0n) is 14.7. The van der Waals surface area contributed by atoms with Crippen LogP contribution in [0.15, 0.2) is 4.99 Å². The molecule has 0 saturated carbocycles. The van der Waals surface area contributed by atoms with E-state index in [0.29, 0.717) is 12.4 Å². The van der Waals surface area contributed by atoms with Crippen LogP contribution < -0.4 is 0 Å². The number of likely N-dealkylation sites (N-methyl/N-ethyl adjacent to an activating group) is 1. The van der Waals surface area contributed by atoms with Crippen molar-refractivity contribution in [3.05, 3.63) is 0 Å². The number of carbonyl (C=O) groups excluding carboxylic acids is 2. The fraction of sp³-hybridized carbons (Fsp3) is 0.765. The van der Waals surface area contributed by atoms with Crippen LogP contribution >= 0.6 is 11.8 Å². The summed E-state index contributed by atoms with van der Waals surface area (Å²) < 4.78 is 2.04. The summed E-state index contributed by atoms with van der Waals surface area (Å²) in [4.78, 5) is 32.9. The molecular weight excluding hydrogens is 324 g/mol. The second kappa shape index (κ2) is 7.68. The van der Waals surface area contributed by atoms with E-state index in [-0.39, 0.29) is 18.0 Å². The Balaban J connectivity index is 1.56. The summed E-state index contributed by atoms with van der Waals surface area (Å²) in [5.74, 6) is 1.47. The summed E-state index contributed by atoms with van der Waals surface area (Å²) >= 11 is 1.66. The minimum atomic E-state index is -0.387. The van der Waals surface area contributed by atoms with E-state index in [1.807, 2.05) is 4.58 Å². The second-order valence-electron chi connectivity index (χ2n) is 6.65. The molecule has 3 aliphatic rings. The van der Waals surface area contributed by atoms with Crippen molar-refractivity contribution in [2.45, 2.75) is 57.9 Å². The minimum Gasteiger partial charge on any atom is -0.269 e. The molecule has 0 aliphatic carbocycles. The van der Waals surface area contributed by atoms with Crippen molar-refractivity contribution in [2.24, 2.45) is 4.99 Å². The van der Waals surface area contributed by atoms with E-state index in [9.17, 15) is 9.59 Å². The highest BCUT2D eigenvalue weighted by Gasteiger charge is 2.55. The van der Waals surface area contributed by atoms with Crippen LogP contribution in [0.1, 0.15) is 51.9 Å². The number of carbonyl (C=O) groups is 2. The molecule has 3 rings (SSSR count). The third kappa shape index (κ3) is 3.23. The molecule has 3 heterocycles. The Hall–Kier alpha value is -1.37. The van der Waals surface area contributed by atoms with Gasteiger partial charge in [-0.1, -0.05) is 45.4 Å². The zero-order valence-corrected chi connectivity index (χ0v) is 15.5. The van der Waals surface area contributed by atoms with E-state index in [1.165, 1.54) is 37.0 Å². The van der Waals surface area contributed by atoms with Gasteiger partial charge in [0.25, 0.3) is 17.8 Å². The predicted molar refractivity (Wildman–Crippen MR) is 96.7 cm³/mol. The highest BCUT2D eigenvalue weighted by Crippen LogP contribution is 2.27. The Morgan fingerprint density at radius 3 is 2.62 bits per heavy atom. The average Bonchev–Trinajstić information content (AvgIpc) is 3.15. The number of aliphatic imine (C=N–C) groups is 1. The van der Waals surface area contributed by atoms with Gasteiger partial charge in [-0.15, -0.1) is 0 Å². The maximum atomic E-state index is 12.8. The largest absolute Gasteiger partial charge is 0.358 e. The van der Waals surface area contributed by atoms with E-state index in [2.05, 4.69) is 11.9 Å². The molecule has 0 bridgehead atoms. The standard InChI is InChI=1S/C17H27N4O2S/c1-3-4-5-6-7-8-9-10-21-15(22)13-14(19(2)17(21)23)18-16-20(13)11-12-24-16/h13H,3-12H2,1-2H3/q+1. The van der Waals surface area contributed by atoms with Gasteiger partial charge in [0.1, 0.15) is 0 Å². The van der Waals surface area contributed by atoms with Crippen molar-refractivity contribution in [3.63, 3.8) is 0 Å². The van der Waals surface area contributed by atoms with Crippen molar-refractivity contribution < 1.29 is 14.2 Å². The lowest BCUT2D eigenvalue weighted by molar-refractivity contribution is -0.525. The number of thioether (sulfide) groups is 1. The van der Waals surface area contributed by atoms with Crippen LogP contribution in [-0.2, 0) is 4.79 Å². The van der Waals surface area contributed by atoms with Crippen molar-refractivity contribution >= 4 is 34.7 Å². The monoisotopic (exact) mass is 351 g/mol. The average molecular weight is 351 g/mol. The van der Waals surface area contributed by atoms with Crippen LogP contribution in [0.3, 0.4) is 0 Å². The molecule has 3 aliphatic heterocycles. The van der Waals surface area contributed by atoms with Gasteiger partial charge in [0.2, 0.25) is 0 Å². The molecule has 7 heteroatoms. The number of rotatable bonds is 8. The number of fused-ring (bicyclic) bond motifs is 2. The van der Waals surface area contributed by atoms with Gasteiger partial charge in [0.05, 0.1) is 6.54 Å². The summed E-state index contributed by atoms with van der Waals surface area (Å²) in [6.07, 6.45) is 8.23. The first kappa shape index (κ1) is 17.5. The topological polar surface area (TPSA) is 56.0 Å². The van der Waals surface area contributed by atoms with Crippen LogP contribution in [0.25, 0.3) is 0 Å². The molecule has 0 radical (unpaired) electrons. The lowest BCUT2D eigenvalue weighted by Crippen LogP contribution is -2.62. The summed E-state index contributed by atoms with van der Waals surface area (Å²) in [6.45, 7) is 3.57. The van der Waals surface area contributed by atoms with Crippen molar-refractivity contribution in [2.75, 3.05) is 25.9 Å². The van der Waals surface area contributed by atoms with Gasteiger partial charge in [-0.25, -0.2) is 9.37 Å². The molecule has 0 aromatic heterocycles. The van der Waals surface area contributed by atoms with Crippen LogP contribution in [0, 0.1) is 0 Å². The maximum absolute atomic E-state index is 12.8.